The van der Waals surface area contributed by atoms with E-state index < -0.39 is 9.84 Å². The summed E-state index contributed by atoms with van der Waals surface area (Å²) < 4.78 is 27.0. The molecule has 4 aromatic rings. The van der Waals surface area contributed by atoms with E-state index in [9.17, 15) is 13.2 Å². The maximum Gasteiger partial charge on any atom is 0.234 e. The molecule has 0 fully saturated rings. The first-order valence-corrected chi connectivity index (χ1v) is 12.5. The van der Waals surface area contributed by atoms with Crippen LogP contribution in [0.2, 0.25) is 0 Å². The van der Waals surface area contributed by atoms with Crippen LogP contribution in [-0.4, -0.2) is 34.8 Å². The summed E-state index contributed by atoms with van der Waals surface area (Å²) in [6, 6.07) is 20.4. The molecule has 0 saturated heterocycles. The highest BCUT2D eigenvalue weighted by atomic mass is 32.2. The molecule has 32 heavy (non-hydrogen) atoms. The molecule has 1 N–H and O–H groups in total. The predicted octanol–water partition coefficient (Wildman–Crippen LogP) is 3.98. The Balaban J connectivity index is 1.38. The summed E-state index contributed by atoms with van der Waals surface area (Å²) in [6.07, 6.45) is 0. The second kappa shape index (κ2) is 9.13. The minimum absolute atomic E-state index is 0.128. The molecule has 0 radical (unpaired) electrons. The maximum absolute atomic E-state index is 12.7. The number of nitrogens with one attached hydrogen (secondary N) is 1. The molecule has 0 unspecified atom stereocenters. The van der Waals surface area contributed by atoms with Crippen molar-refractivity contribution in [1.29, 1.82) is 0 Å². The molecule has 0 aliphatic rings. The Morgan fingerprint density at radius 2 is 1.72 bits per heavy atom. The van der Waals surface area contributed by atoms with Gasteiger partial charge in [0.1, 0.15) is 11.6 Å². The van der Waals surface area contributed by atoms with Gasteiger partial charge in [0.15, 0.2) is 15.0 Å². The summed E-state index contributed by atoms with van der Waals surface area (Å²) in [6.45, 7) is 1.90. The first-order valence-electron chi connectivity index (χ1n) is 9.91. The molecule has 9 heteroatoms. The molecule has 3 aromatic carbocycles. The fourth-order valence-corrected chi connectivity index (χ4v) is 5.23. The van der Waals surface area contributed by atoms with Gasteiger partial charge in [-0.25, -0.2) is 8.42 Å². The third kappa shape index (κ3) is 5.00. The van der Waals surface area contributed by atoms with Gasteiger partial charge in [-0.05, 0) is 42.0 Å². The minimum Gasteiger partial charge on any atom is -0.325 e. The normalized spacial score (nSPS) is 11.6. The number of carbonyl (C=O) groups excluding carboxylic acids is 1. The fraction of sp³-hybridized carbons (Fsp3) is 0.174. The molecular formula is C23H22N4O3S2. The van der Waals surface area contributed by atoms with Crippen molar-refractivity contribution in [2.75, 3.05) is 11.1 Å². The van der Waals surface area contributed by atoms with Crippen molar-refractivity contribution < 1.29 is 13.2 Å². The molecule has 1 amide bonds. The van der Waals surface area contributed by atoms with Crippen molar-refractivity contribution in [2.24, 2.45) is 7.05 Å². The number of hydrogen-bond acceptors (Lipinski definition) is 6. The van der Waals surface area contributed by atoms with Gasteiger partial charge in [0, 0.05) is 12.7 Å². The van der Waals surface area contributed by atoms with E-state index in [4.69, 9.17) is 0 Å². The number of carbonyl (C=O) groups is 1. The van der Waals surface area contributed by atoms with Crippen molar-refractivity contribution in [2.45, 2.75) is 22.7 Å². The SMILES string of the molecule is Cc1ccc(S(=O)(=O)Cc2nnc(SCC(=O)Nc3ccc4ccccc4c3)n2C)cc1. The lowest BCUT2D eigenvalue weighted by atomic mass is 10.1. The molecule has 7 nitrogen and oxygen atoms in total. The summed E-state index contributed by atoms with van der Waals surface area (Å²) in [5.74, 6) is 0.0116. The van der Waals surface area contributed by atoms with Crippen LogP contribution >= 0.6 is 11.8 Å². The van der Waals surface area contributed by atoms with Crippen LogP contribution in [0.5, 0.6) is 0 Å². The van der Waals surface area contributed by atoms with Gasteiger partial charge in [-0.1, -0.05) is 59.8 Å². The predicted molar refractivity (Wildman–Crippen MR) is 126 cm³/mol. The Bertz CT molecular complexity index is 1380. The average molecular weight is 467 g/mol. The smallest absolute Gasteiger partial charge is 0.234 e. The summed E-state index contributed by atoms with van der Waals surface area (Å²) >= 11 is 1.21. The highest BCUT2D eigenvalue weighted by Crippen LogP contribution is 2.22. The van der Waals surface area contributed by atoms with E-state index in [0.717, 1.165) is 22.0 Å². The lowest BCUT2D eigenvalue weighted by molar-refractivity contribution is -0.113. The van der Waals surface area contributed by atoms with Crippen LogP contribution in [0.1, 0.15) is 11.4 Å². The zero-order valence-electron chi connectivity index (χ0n) is 17.6. The number of thioether (sulfide) groups is 1. The number of nitrogens with zero attached hydrogens (tertiary/aromatic N) is 3. The van der Waals surface area contributed by atoms with Crippen molar-refractivity contribution in [3.8, 4) is 0 Å². The molecule has 4 rings (SSSR count). The van der Waals surface area contributed by atoms with Gasteiger partial charge < -0.3 is 9.88 Å². The monoisotopic (exact) mass is 466 g/mol. The number of aryl methyl sites for hydroxylation is 1. The quantitative estimate of drug-likeness (QED) is 0.414. The third-order valence-corrected chi connectivity index (χ3v) is 7.64. The lowest BCUT2D eigenvalue weighted by Crippen LogP contribution is -2.14. The van der Waals surface area contributed by atoms with Gasteiger partial charge in [0.25, 0.3) is 0 Å². The number of hydrogen-bond donors (Lipinski definition) is 1. The van der Waals surface area contributed by atoms with Crippen LogP contribution in [0, 0.1) is 6.92 Å². The summed E-state index contributed by atoms with van der Waals surface area (Å²) in [5.41, 5.74) is 1.71. The highest BCUT2D eigenvalue weighted by Gasteiger charge is 2.20. The number of benzene rings is 3. The molecule has 0 aliphatic heterocycles. The van der Waals surface area contributed by atoms with Gasteiger partial charge in [-0.15, -0.1) is 10.2 Å². The van der Waals surface area contributed by atoms with Crippen LogP contribution in [0.25, 0.3) is 10.8 Å². The number of amides is 1. The lowest BCUT2D eigenvalue weighted by Gasteiger charge is -2.07. The molecule has 0 spiro atoms. The zero-order valence-corrected chi connectivity index (χ0v) is 19.3. The van der Waals surface area contributed by atoms with Crippen LogP contribution in [-0.2, 0) is 27.4 Å². The van der Waals surface area contributed by atoms with E-state index >= 15 is 0 Å². The van der Waals surface area contributed by atoms with Gasteiger partial charge in [-0.3, -0.25) is 4.79 Å². The molecule has 0 bridgehead atoms. The Labute approximate surface area is 190 Å². The largest absolute Gasteiger partial charge is 0.325 e. The third-order valence-electron chi connectivity index (χ3n) is 4.99. The molecule has 164 valence electrons. The van der Waals surface area contributed by atoms with Gasteiger partial charge >= 0.3 is 0 Å². The van der Waals surface area contributed by atoms with Crippen LogP contribution < -0.4 is 5.32 Å². The molecular weight excluding hydrogens is 444 g/mol. The van der Waals surface area contributed by atoms with E-state index in [1.54, 1.807) is 35.9 Å². The van der Waals surface area contributed by atoms with E-state index in [2.05, 4.69) is 15.5 Å². The van der Waals surface area contributed by atoms with Gasteiger partial charge in [0.2, 0.25) is 5.91 Å². The van der Waals surface area contributed by atoms with Crippen LogP contribution in [0.4, 0.5) is 5.69 Å². The van der Waals surface area contributed by atoms with Crippen molar-refractivity contribution in [3.63, 3.8) is 0 Å². The number of fused-ring (bicyclic) bond motifs is 1. The topological polar surface area (TPSA) is 94.0 Å². The molecule has 0 saturated carbocycles. The molecule has 1 heterocycles. The number of aromatic nitrogens is 3. The zero-order chi connectivity index (χ0) is 22.7. The molecule has 0 aliphatic carbocycles. The van der Waals surface area contributed by atoms with Crippen LogP contribution in [0.15, 0.2) is 76.8 Å². The van der Waals surface area contributed by atoms with Crippen molar-refractivity contribution in [1.82, 2.24) is 14.8 Å². The average Bonchev–Trinajstić information content (AvgIpc) is 3.11. The maximum atomic E-state index is 12.7. The van der Waals surface area contributed by atoms with Crippen molar-refractivity contribution in [3.05, 3.63) is 78.1 Å². The molecule has 0 atom stereocenters. The van der Waals surface area contributed by atoms with Gasteiger partial charge in [-0.2, -0.15) is 0 Å². The Hall–Kier alpha value is -3.17. The summed E-state index contributed by atoms with van der Waals surface area (Å²) in [7, 11) is -1.84. The standard InChI is InChI=1S/C23H22N4O3S2/c1-16-7-11-20(12-8-16)32(29,30)15-21-25-26-23(27(21)2)31-14-22(28)24-19-10-9-17-5-3-4-6-18(17)13-19/h3-13H,14-15H2,1-2H3,(H,24,28). The van der Waals surface area contributed by atoms with Gasteiger partial charge in [0.05, 0.1) is 10.6 Å². The first-order chi connectivity index (χ1) is 15.3. The van der Waals surface area contributed by atoms with E-state index in [-0.39, 0.29) is 22.3 Å². The molecule has 1 aromatic heterocycles. The van der Waals surface area contributed by atoms with E-state index in [1.807, 2.05) is 49.4 Å². The Morgan fingerprint density at radius 3 is 2.47 bits per heavy atom. The first kappa shape index (κ1) is 22.0. The highest BCUT2D eigenvalue weighted by molar-refractivity contribution is 7.99. The van der Waals surface area contributed by atoms with E-state index in [1.165, 1.54) is 11.8 Å². The summed E-state index contributed by atoms with van der Waals surface area (Å²) in [4.78, 5) is 12.6. The van der Waals surface area contributed by atoms with Crippen molar-refractivity contribution >= 4 is 44.0 Å². The minimum atomic E-state index is -3.54. The van der Waals surface area contributed by atoms with E-state index in [0.29, 0.717) is 11.0 Å². The number of rotatable bonds is 7. The fourth-order valence-electron chi connectivity index (χ4n) is 3.19. The second-order valence-electron chi connectivity index (χ2n) is 7.43. The van der Waals surface area contributed by atoms with Crippen LogP contribution in [0.3, 0.4) is 0 Å². The summed E-state index contributed by atoms with van der Waals surface area (Å²) in [5, 5.41) is 13.6. The number of anilines is 1. The number of sulfone groups is 1. The Morgan fingerprint density at radius 1 is 1.00 bits per heavy atom. The Kier molecular flexibility index (Phi) is 6.29. The second-order valence-corrected chi connectivity index (χ2v) is 10.4.